The molecule has 0 bridgehead atoms. The molecule has 2 N–H and O–H groups in total. The molecule has 0 heterocycles. The van der Waals surface area contributed by atoms with Crippen molar-refractivity contribution in [2.45, 2.75) is 6.54 Å². The van der Waals surface area contributed by atoms with Crippen LogP contribution in [0.5, 0.6) is 0 Å². The summed E-state index contributed by atoms with van der Waals surface area (Å²) in [5.74, 6) is -0.274. The van der Waals surface area contributed by atoms with Crippen molar-refractivity contribution in [3.05, 3.63) is 62.6 Å². The molecular formula is C15H13Cl3N2O. The van der Waals surface area contributed by atoms with E-state index in [1.54, 1.807) is 43.4 Å². The first kappa shape index (κ1) is 16.0. The van der Waals surface area contributed by atoms with Gasteiger partial charge in [0.15, 0.2) is 0 Å². The van der Waals surface area contributed by atoms with E-state index in [4.69, 9.17) is 40.5 Å². The molecule has 0 spiro atoms. The van der Waals surface area contributed by atoms with Gasteiger partial charge < -0.3 is 10.6 Å². The van der Waals surface area contributed by atoms with E-state index in [2.05, 4.69) is 0 Å². The maximum absolute atomic E-state index is 12.5. The second-order valence-corrected chi connectivity index (χ2v) is 5.83. The highest BCUT2D eigenvalue weighted by molar-refractivity contribution is 6.39. The summed E-state index contributed by atoms with van der Waals surface area (Å²) in [6.07, 6.45) is 0. The van der Waals surface area contributed by atoms with Crippen LogP contribution in [0.4, 0.5) is 5.69 Å². The molecule has 0 fully saturated rings. The Morgan fingerprint density at radius 2 is 1.71 bits per heavy atom. The molecule has 110 valence electrons. The third-order valence-corrected chi connectivity index (χ3v) is 4.00. The van der Waals surface area contributed by atoms with Crippen molar-refractivity contribution in [1.82, 2.24) is 4.90 Å². The van der Waals surface area contributed by atoms with E-state index in [-0.39, 0.29) is 11.5 Å². The number of carbonyl (C=O) groups is 1. The third-order valence-electron chi connectivity index (χ3n) is 3.00. The standard InChI is InChI=1S/C15H13Cl3N2O/c1-20(8-9-7-10(19)5-6-11(9)16)15(21)14-12(17)3-2-4-13(14)18/h2-7H,8,19H2,1H3. The Hall–Kier alpha value is -1.42. The van der Waals surface area contributed by atoms with Gasteiger partial charge in [-0.1, -0.05) is 40.9 Å². The molecule has 0 aliphatic carbocycles. The van der Waals surface area contributed by atoms with Gasteiger partial charge in [0.2, 0.25) is 0 Å². The number of hydrogen-bond acceptors (Lipinski definition) is 2. The lowest BCUT2D eigenvalue weighted by molar-refractivity contribution is 0.0785. The van der Waals surface area contributed by atoms with E-state index in [0.717, 1.165) is 5.56 Å². The number of nitrogens with two attached hydrogens (primary N) is 1. The van der Waals surface area contributed by atoms with Gasteiger partial charge in [0.25, 0.3) is 5.91 Å². The lowest BCUT2D eigenvalue weighted by Crippen LogP contribution is -2.27. The number of nitrogen functional groups attached to an aromatic ring is 1. The molecule has 0 saturated carbocycles. The minimum atomic E-state index is -0.274. The van der Waals surface area contributed by atoms with Crippen molar-refractivity contribution in [2.24, 2.45) is 0 Å². The molecule has 2 rings (SSSR count). The van der Waals surface area contributed by atoms with Gasteiger partial charge in [-0.15, -0.1) is 0 Å². The topological polar surface area (TPSA) is 46.3 Å². The van der Waals surface area contributed by atoms with Crippen molar-refractivity contribution >= 4 is 46.4 Å². The van der Waals surface area contributed by atoms with Gasteiger partial charge in [-0.2, -0.15) is 0 Å². The average molecular weight is 344 g/mol. The van der Waals surface area contributed by atoms with E-state index in [9.17, 15) is 4.79 Å². The molecule has 3 nitrogen and oxygen atoms in total. The molecule has 2 aromatic carbocycles. The van der Waals surface area contributed by atoms with E-state index in [1.165, 1.54) is 4.90 Å². The van der Waals surface area contributed by atoms with Crippen molar-refractivity contribution in [3.63, 3.8) is 0 Å². The molecular weight excluding hydrogens is 331 g/mol. The fraction of sp³-hybridized carbons (Fsp3) is 0.133. The van der Waals surface area contributed by atoms with E-state index >= 15 is 0 Å². The highest BCUT2D eigenvalue weighted by atomic mass is 35.5. The predicted octanol–water partition coefficient (Wildman–Crippen LogP) is 4.50. The normalized spacial score (nSPS) is 10.5. The minimum absolute atomic E-state index is 0.274. The summed E-state index contributed by atoms with van der Waals surface area (Å²) in [6, 6.07) is 10.1. The van der Waals surface area contributed by atoms with Gasteiger partial charge in [0.05, 0.1) is 15.6 Å². The number of halogens is 3. The van der Waals surface area contributed by atoms with Crippen LogP contribution in [-0.2, 0) is 6.54 Å². The highest BCUT2D eigenvalue weighted by Crippen LogP contribution is 2.27. The van der Waals surface area contributed by atoms with Crippen LogP contribution in [-0.4, -0.2) is 17.9 Å². The average Bonchev–Trinajstić information content (AvgIpc) is 2.42. The summed E-state index contributed by atoms with van der Waals surface area (Å²) in [5, 5.41) is 1.19. The first-order chi connectivity index (χ1) is 9.90. The van der Waals surface area contributed by atoms with Crippen molar-refractivity contribution in [3.8, 4) is 0 Å². The van der Waals surface area contributed by atoms with Crippen LogP contribution >= 0.6 is 34.8 Å². The number of amides is 1. The summed E-state index contributed by atoms with van der Waals surface area (Å²) in [6.45, 7) is 0.310. The summed E-state index contributed by atoms with van der Waals surface area (Å²) < 4.78 is 0. The summed E-state index contributed by atoms with van der Waals surface area (Å²) >= 11 is 18.2. The summed E-state index contributed by atoms with van der Waals surface area (Å²) in [7, 11) is 1.65. The van der Waals surface area contributed by atoms with Crippen molar-refractivity contribution in [2.75, 3.05) is 12.8 Å². The summed E-state index contributed by atoms with van der Waals surface area (Å²) in [5.41, 5.74) is 7.36. The van der Waals surface area contributed by atoms with Crippen LogP contribution in [0, 0.1) is 0 Å². The Morgan fingerprint density at radius 3 is 2.33 bits per heavy atom. The lowest BCUT2D eigenvalue weighted by Gasteiger charge is -2.19. The number of carbonyl (C=O) groups excluding carboxylic acids is 1. The van der Waals surface area contributed by atoms with Crippen LogP contribution in [0.2, 0.25) is 15.1 Å². The number of benzene rings is 2. The molecule has 0 saturated heterocycles. The van der Waals surface area contributed by atoms with Gasteiger partial charge in [-0.25, -0.2) is 0 Å². The Morgan fingerprint density at radius 1 is 1.10 bits per heavy atom. The Bertz CT molecular complexity index is 668. The summed E-state index contributed by atoms with van der Waals surface area (Å²) in [4.78, 5) is 14.0. The zero-order valence-corrected chi connectivity index (χ0v) is 13.5. The second-order valence-electron chi connectivity index (χ2n) is 4.61. The molecule has 0 unspecified atom stereocenters. The maximum Gasteiger partial charge on any atom is 0.256 e. The van der Waals surface area contributed by atoms with Crippen LogP contribution in [0.1, 0.15) is 15.9 Å². The quantitative estimate of drug-likeness (QED) is 0.834. The predicted molar refractivity (Wildman–Crippen MR) is 88.1 cm³/mol. The highest BCUT2D eigenvalue weighted by Gasteiger charge is 2.19. The number of anilines is 1. The van der Waals surface area contributed by atoms with E-state index < -0.39 is 0 Å². The first-order valence-corrected chi connectivity index (χ1v) is 7.27. The number of rotatable bonds is 3. The van der Waals surface area contributed by atoms with Gasteiger partial charge in [0, 0.05) is 24.3 Å². The monoisotopic (exact) mass is 342 g/mol. The van der Waals surface area contributed by atoms with Crippen molar-refractivity contribution < 1.29 is 4.79 Å². The molecule has 0 aromatic heterocycles. The number of hydrogen-bond donors (Lipinski definition) is 1. The Kier molecular flexibility index (Phi) is 4.99. The molecule has 2 aromatic rings. The SMILES string of the molecule is CN(Cc1cc(N)ccc1Cl)C(=O)c1c(Cl)cccc1Cl. The van der Waals surface area contributed by atoms with Gasteiger partial charge in [0.1, 0.15) is 0 Å². The van der Waals surface area contributed by atoms with Gasteiger partial charge in [-0.3, -0.25) is 4.79 Å². The van der Waals surface area contributed by atoms with Gasteiger partial charge in [-0.05, 0) is 35.9 Å². The fourth-order valence-corrected chi connectivity index (χ4v) is 2.67. The molecule has 0 aliphatic heterocycles. The largest absolute Gasteiger partial charge is 0.399 e. The molecule has 6 heteroatoms. The lowest BCUT2D eigenvalue weighted by atomic mass is 10.1. The third kappa shape index (κ3) is 3.62. The first-order valence-electron chi connectivity index (χ1n) is 6.13. The Labute approximate surface area is 138 Å². The second kappa shape index (κ2) is 6.56. The Balaban J connectivity index is 2.26. The van der Waals surface area contributed by atoms with Crippen LogP contribution in [0.3, 0.4) is 0 Å². The van der Waals surface area contributed by atoms with Crippen LogP contribution in [0.15, 0.2) is 36.4 Å². The van der Waals surface area contributed by atoms with Crippen LogP contribution in [0.25, 0.3) is 0 Å². The molecule has 0 radical (unpaired) electrons. The zero-order valence-electron chi connectivity index (χ0n) is 11.2. The zero-order chi connectivity index (χ0) is 15.6. The number of nitrogens with zero attached hydrogens (tertiary/aromatic N) is 1. The van der Waals surface area contributed by atoms with Crippen LogP contribution < -0.4 is 5.73 Å². The van der Waals surface area contributed by atoms with E-state index in [1.807, 2.05) is 0 Å². The molecule has 1 amide bonds. The smallest absolute Gasteiger partial charge is 0.256 e. The minimum Gasteiger partial charge on any atom is -0.399 e. The molecule has 0 atom stereocenters. The molecule has 0 aliphatic rings. The van der Waals surface area contributed by atoms with Crippen molar-refractivity contribution in [1.29, 1.82) is 0 Å². The fourth-order valence-electron chi connectivity index (χ4n) is 1.94. The maximum atomic E-state index is 12.5. The molecule has 21 heavy (non-hydrogen) atoms. The van der Waals surface area contributed by atoms with Gasteiger partial charge >= 0.3 is 0 Å². The van der Waals surface area contributed by atoms with E-state index in [0.29, 0.717) is 27.3 Å².